The zero-order chi connectivity index (χ0) is 34.1. The molecule has 1 aromatic heterocycles. The number of carbonyl (C=O) groups is 4. The minimum absolute atomic E-state index is 0.0531. The second-order valence-corrected chi connectivity index (χ2v) is 12.6. The summed E-state index contributed by atoms with van der Waals surface area (Å²) in [7, 11) is 1.50. The lowest BCUT2D eigenvalue weighted by Crippen LogP contribution is -2.55. The van der Waals surface area contributed by atoms with Gasteiger partial charge < -0.3 is 34.4 Å². The van der Waals surface area contributed by atoms with Gasteiger partial charge in [0, 0.05) is 26.6 Å². The number of para-hydroxylation sites is 1. The van der Waals surface area contributed by atoms with Gasteiger partial charge >= 0.3 is 5.97 Å². The van der Waals surface area contributed by atoms with Crippen molar-refractivity contribution < 1.29 is 38.5 Å². The number of allylic oxidation sites excluding steroid dienone is 1. The first kappa shape index (κ1) is 32.6. The number of esters is 1. The number of nitrogens with one attached hydrogen (secondary N) is 1. The molecule has 49 heavy (non-hydrogen) atoms. The molecule has 0 radical (unpaired) electrons. The molecule has 2 saturated heterocycles. The fraction of sp³-hybridized carbons (Fsp3) is 0.429. The number of cyclic esters (lactones) is 1. The van der Waals surface area contributed by atoms with Crippen molar-refractivity contribution in [1.82, 2.24) is 30.1 Å². The number of rotatable bonds is 7. The number of aliphatic hydroxyl groups excluding tert-OH is 1. The van der Waals surface area contributed by atoms with Crippen molar-refractivity contribution >= 4 is 34.7 Å². The highest BCUT2D eigenvalue weighted by molar-refractivity contribution is 5.99. The summed E-state index contributed by atoms with van der Waals surface area (Å²) < 4.78 is 20.0. The number of fused-ring (bicyclic) bond motifs is 3. The average molecular weight is 671 g/mol. The summed E-state index contributed by atoms with van der Waals surface area (Å²) >= 11 is 0. The van der Waals surface area contributed by atoms with E-state index in [0.29, 0.717) is 17.5 Å². The van der Waals surface area contributed by atoms with Crippen LogP contribution in [0.25, 0.3) is 11.0 Å². The monoisotopic (exact) mass is 670 g/mol. The molecule has 2 fully saturated rings. The van der Waals surface area contributed by atoms with Crippen LogP contribution < -0.4 is 5.32 Å². The van der Waals surface area contributed by atoms with E-state index in [1.54, 1.807) is 58.2 Å². The van der Waals surface area contributed by atoms with E-state index in [1.807, 2.05) is 30.3 Å². The molecule has 0 saturated carbocycles. The summed E-state index contributed by atoms with van der Waals surface area (Å²) in [5.41, 5.74) is 0.506. The zero-order valence-electron chi connectivity index (χ0n) is 27.0. The Kier molecular flexibility index (Phi) is 9.01. The van der Waals surface area contributed by atoms with Crippen LogP contribution in [0.2, 0.25) is 0 Å². The molecule has 14 heteroatoms. The molecule has 2 N–H and O–H groups in total. The van der Waals surface area contributed by atoms with Gasteiger partial charge in [0.2, 0.25) is 11.8 Å². The molecule has 14 nitrogen and oxygen atoms in total. The minimum atomic E-state index is -1.54. The lowest BCUT2D eigenvalue weighted by Gasteiger charge is -2.35. The van der Waals surface area contributed by atoms with Gasteiger partial charge in [-0.3, -0.25) is 19.2 Å². The quantitative estimate of drug-likeness (QED) is 0.275. The Morgan fingerprint density at radius 1 is 1.04 bits per heavy atom. The van der Waals surface area contributed by atoms with Crippen molar-refractivity contribution in [1.29, 1.82) is 0 Å². The van der Waals surface area contributed by atoms with Crippen molar-refractivity contribution in [3.63, 3.8) is 0 Å². The highest BCUT2D eigenvalue weighted by Crippen LogP contribution is 2.53. The standard InChI is InChI=1S/C35H38N6O8/c1-47-20-24-30(22-10-3-2-4-11-22)48-34(46)28-26(14-7-8-15-27(43)36-24)49-35-16-9-17-39(21-41-25-13-6-5-12-23(25)37-38-41)33(45)31(35)40(18-19-42)32(44)29(28)35/h2-7,9-14,16,24,26,28-31,42H,8,15,17-21H2,1H3,(H,36,43)/b14-7-/t24-,26-,28+,29+,30-,31-,35+/m0/s1. The molecule has 256 valence electrons. The third kappa shape index (κ3) is 5.79. The van der Waals surface area contributed by atoms with Gasteiger partial charge in [-0.2, -0.15) is 0 Å². The Labute approximate surface area is 282 Å². The second-order valence-electron chi connectivity index (χ2n) is 12.6. The van der Waals surface area contributed by atoms with Gasteiger partial charge in [-0.1, -0.05) is 72.0 Å². The van der Waals surface area contributed by atoms with E-state index in [-0.39, 0.29) is 38.7 Å². The highest BCUT2D eigenvalue weighted by atomic mass is 16.6. The molecule has 2 aromatic carbocycles. The summed E-state index contributed by atoms with van der Waals surface area (Å²) in [4.78, 5) is 59.3. The molecule has 5 heterocycles. The van der Waals surface area contributed by atoms with Crippen molar-refractivity contribution in [2.75, 3.05) is 33.4 Å². The summed E-state index contributed by atoms with van der Waals surface area (Å²) in [6.07, 6.45) is 5.54. The molecular formula is C35H38N6O8. The maximum Gasteiger partial charge on any atom is 0.313 e. The van der Waals surface area contributed by atoms with E-state index in [9.17, 15) is 24.3 Å². The smallest absolute Gasteiger partial charge is 0.313 e. The summed E-state index contributed by atoms with van der Waals surface area (Å²) in [6.45, 7) is -0.242. The molecule has 1 spiro atoms. The number of benzene rings is 2. The third-order valence-electron chi connectivity index (χ3n) is 9.71. The molecule has 7 rings (SSSR count). The Morgan fingerprint density at radius 3 is 2.63 bits per heavy atom. The number of carbonyl (C=O) groups excluding carboxylic acids is 4. The molecule has 0 unspecified atom stereocenters. The summed E-state index contributed by atoms with van der Waals surface area (Å²) in [5, 5.41) is 21.4. The Hall–Kier alpha value is -4.92. The number of aliphatic hydroxyl groups is 1. The molecule has 3 amide bonds. The number of likely N-dealkylation sites (tertiary alicyclic amines) is 1. The Bertz CT molecular complexity index is 1790. The third-order valence-corrected chi connectivity index (χ3v) is 9.71. The SMILES string of the molecule is COC[C@@H]1NC(=O)CC/C=C\[C@@H]2O[C@@]34C=CCN(Cn5nnc6ccccc65)C(=O)[C@@H]3N(CCO)C(=O)[C@H]4[C@@H]2C(=O)O[C@H]1c1ccccc1. The van der Waals surface area contributed by atoms with Crippen molar-refractivity contribution in [3.05, 3.63) is 84.5 Å². The van der Waals surface area contributed by atoms with Crippen LogP contribution in [-0.4, -0.2) is 111 Å². The van der Waals surface area contributed by atoms with Crippen molar-refractivity contribution in [3.8, 4) is 0 Å². The number of nitrogens with zero attached hydrogens (tertiary/aromatic N) is 5. The first-order valence-corrected chi connectivity index (χ1v) is 16.4. The van der Waals surface area contributed by atoms with Crippen molar-refractivity contribution in [2.24, 2.45) is 11.8 Å². The largest absolute Gasteiger partial charge is 0.455 e. The number of amides is 3. The van der Waals surface area contributed by atoms with E-state index in [2.05, 4.69) is 15.6 Å². The maximum absolute atomic E-state index is 14.5. The van der Waals surface area contributed by atoms with Crippen LogP contribution in [-0.2, 0) is 40.1 Å². The lowest BCUT2D eigenvalue weighted by molar-refractivity contribution is -0.162. The maximum atomic E-state index is 14.5. The van der Waals surface area contributed by atoms with Crippen LogP contribution in [0.3, 0.4) is 0 Å². The van der Waals surface area contributed by atoms with Crippen LogP contribution in [0.15, 0.2) is 78.9 Å². The van der Waals surface area contributed by atoms with Gasteiger partial charge in [0.15, 0.2) is 0 Å². The van der Waals surface area contributed by atoms with Crippen LogP contribution in [0.1, 0.15) is 24.5 Å². The molecule has 0 aliphatic carbocycles. The van der Waals surface area contributed by atoms with Gasteiger partial charge in [-0.05, 0) is 24.1 Å². The topological polar surface area (TPSA) is 165 Å². The molecule has 3 aromatic rings. The number of ether oxygens (including phenoxy) is 3. The fourth-order valence-corrected chi connectivity index (χ4v) is 7.59. The van der Waals surface area contributed by atoms with E-state index in [1.165, 1.54) is 12.0 Å². The minimum Gasteiger partial charge on any atom is -0.455 e. The number of hydrogen-bond acceptors (Lipinski definition) is 10. The first-order valence-electron chi connectivity index (χ1n) is 16.4. The zero-order valence-corrected chi connectivity index (χ0v) is 27.0. The number of methoxy groups -OCH3 is 1. The normalized spacial score (nSPS) is 30.9. The van der Waals surface area contributed by atoms with E-state index >= 15 is 0 Å². The molecular weight excluding hydrogens is 632 g/mol. The van der Waals surface area contributed by atoms with Crippen LogP contribution in [0, 0.1) is 11.8 Å². The summed E-state index contributed by atoms with van der Waals surface area (Å²) in [5.74, 6) is -4.13. The number of aromatic nitrogens is 3. The van der Waals surface area contributed by atoms with Gasteiger partial charge in [-0.25, -0.2) is 4.68 Å². The van der Waals surface area contributed by atoms with Gasteiger partial charge in [-0.15, -0.1) is 5.10 Å². The van der Waals surface area contributed by atoms with Crippen LogP contribution >= 0.6 is 0 Å². The number of β-amino-alcohol motifs (C(OH)–C–C–N with tert-alkyl or cyclic N) is 1. The Balaban J connectivity index is 1.27. The van der Waals surface area contributed by atoms with E-state index in [0.717, 1.165) is 5.52 Å². The fourth-order valence-electron chi connectivity index (χ4n) is 7.59. The first-order chi connectivity index (χ1) is 23.9. The Morgan fingerprint density at radius 2 is 1.84 bits per heavy atom. The predicted molar refractivity (Wildman–Crippen MR) is 173 cm³/mol. The lowest BCUT2D eigenvalue weighted by atomic mass is 9.77. The molecule has 7 atom stereocenters. The number of hydrogen-bond donors (Lipinski definition) is 2. The van der Waals surface area contributed by atoms with Gasteiger partial charge in [0.05, 0.1) is 36.8 Å². The summed E-state index contributed by atoms with van der Waals surface area (Å²) in [6, 6.07) is 14.5. The van der Waals surface area contributed by atoms with Crippen molar-refractivity contribution in [2.45, 2.75) is 49.4 Å². The second kappa shape index (κ2) is 13.5. The van der Waals surface area contributed by atoms with Crippen LogP contribution in [0.4, 0.5) is 0 Å². The molecule has 4 aliphatic heterocycles. The van der Waals surface area contributed by atoms with E-state index < -0.39 is 66.1 Å². The molecule has 4 aliphatic rings. The van der Waals surface area contributed by atoms with Gasteiger partial charge in [0.25, 0.3) is 5.91 Å². The molecule has 0 bridgehead atoms. The average Bonchev–Trinajstić information content (AvgIpc) is 3.69. The van der Waals surface area contributed by atoms with E-state index in [4.69, 9.17) is 14.2 Å². The highest BCUT2D eigenvalue weighted by Gasteiger charge is 2.71. The predicted octanol–water partition coefficient (Wildman–Crippen LogP) is 1.13. The van der Waals surface area contributed by atoms with Crippen LogP contribution in [0.5, 0.6) is 0 Å². The van der Waals surface area contributed by atoms with Gasteiger partial charge in [0.1, 0.15) is 35.9 Å².